The van der Waals surface area contributed by atoms with Crippen LogP contribution in [0.5, 0.6) is 11.6 Å². The molecule has 1 aliphatic rings. The van der Waals surface area contributed by atoms with Gasteiger partial charge in [0.2, 0.25) is 5.88 Å². The van der Waals surface area contributed by atoms with E-state index in [0.29, 0.717) is 11.8 Å². The lowest BCUT2D eigenvalue weighted by molar-refractivity contribution is 0.405. The average Bonchev–Trinajstić information content (AvgIpc) is 3.00. The van der Waals surface area contributed by atoms with Gasteiger partial charge in [-0.3, -0.25) is 0 Å². The Hall–Kier alpha value is -2.95. The summed E-state index contributed by atoms with van der Waals surface area (Å²) in [6, 6.07) is 12.6. The van der Waals surface area contributed by atoms with E-state index in [2.05, 4.69) is 65.3 Å². The summed E-state index contributed by atoms with van der Waals surface area (Å²) in [5.74, 6) is 2.79. The maximum Gasteiger partial charge on any atom is 0.228 e. The molecule has 0 saturated heterocycles. The molecule has 0 N–H and O–H groups in total. The Balaban J connectivity index is 1.89. The number of benzene rings is 2. The maximum absolute atomic E-state index is 6.19. The zero-order valence-electron chi connectivity index (χ0n) is 14.4. The Bertz CT molecular complexity index is 1130. The van der Waals surface area contributed by atoms with Crippen LogP contribution >= 0.6 is 0 Å². The van der Waals surface area contributed by atoms with Crippen LogP contribution in [0.2, 0.25) is 0 Å². The second-order valence-electron chi connectivity index (χ2n) is 6.91. The van der Waals surface area contributed by atoms with Gasteiger partial charge in [-0.25, -0.2) is 14.5 Å². The van der Waals surface area contributed by atoms with Crippen LogP contribution in [-0.4, -0.2) is 19.6 Å². The van der Waals surface area contributed by atoms with E-state index in [1.165, 1.54) is 16.3 Å². The monoisotopic (exact) mass is 330 g/mol. The number of rotatable bonds is 1. The van der Waals surface area contributed by atoms with Crippen molar-refractivity contribution in [2.24, 2.45) is 5.92 Å². The molecule has 2 aromatic carbocycles. The first-order chi connectivity index (χ1) is 12.1. The van der Waals surface area contributed by atoms with E-state index < -0.39 is 0 Å². The van der Waals surface area contributed by atoms with Gasteiger partial charge in [0.15, 0.2) is 5.65 Å². The van der Waals surface area contributed by atoms with Crippen LogP contribution in [0.4, 0.5) is 0 Å². The topological polar surface area (TPSA) is 52.3 Å². The Morgan fingerprint density at radius 1 is 1.08 bits per heavy atom. The third-order valence-corrected chi connectivity index (χ3v) is 4.92. The summed E-state index contributed by atoms with van der Waals surface area (Å²) >= 11 is 0. The molecule has 1 unspecified atom stereocenters. The highest BCUT2D eigenvalue weighted by atomic mass is 16.5. The molecule has 5 rings (SSSR count). The summed E-state index contributed by atoms with van der Waals surface area (Å²) in [6.45, 7) is 6.37. The minimum atomic E-state index is 0.157. The van der Waals surface area contributed by atoms with Gasteiger partial charge < -0.3 is 4.74 Å². The highest BCUT2D eigenvalue weighted by molar-refractivity contribution is 5.90. The Kier molecular flexibility index (Phi) is 2.89. The Labute approximate surface area is 145 Å². The van der Waals surface area contributed by atoms with Crippen molar-refractivity contribution >= 4 is 16.4 Å². The molecule has 124 valence electrons. The summed E-state index contributed by atoms with van der Waals surface area (Å²) in [6.07, 6.45) is 1.68. The highest BCUT2D eigenvalue weighted by Crippen LogP contribution is 2.50. The van der Waals surface area contributed by atoms with Crippen molar-refractivity contribution in [2.75, 3.05) is 0 Å². The summed E-state index contributed by atoms with van der Waals surface area (Å²) in [5.41, 5.74) is 3.08. The molecule has 25 heavy (non-hydrogen) atoms. The van der Waals surface area contributed by atoms with Gasteiger partial charge in [-0.2, -0.15) is 5.10 Å². The summed E-state index contributed by atoms with van der Waals surface area (Å²) < 4.78 is 7.94. The lowest BCUT2D eigenvalue weighted by Gasteiger charge is -2.31. The fraction of sp³-hybridized carbons (Fsp3) is 0.250. The van der Waals surface area contributed by atoms with Gasteiger partial charge in [-0.1, -0.05) is 44.2 Å². The minimum absolute atomic E-state index is 0.157. The molecule has 3 heterocycles. The standard InChI is InChI=1S/C20H18N4O/c1-11(2)16-17-14-7-5-4-6-13(14)8-9-15(17)25-20-18(16)19-22-12(3)23-24(19)10-21-20/h4-11,16H,1-3H3. The first-order valence-corrected chi connectivity index (χ1v) is 8.55. The van der Waals surface area contributed by atoms with E-state index in [0.717, 1.165) is 22.8 Å². The van der Waals surface area contributed by atoms with Crippen LogP contribution in [0.15, 0.2) is 42.7 Å². The number of ether oxygens (including phenoxy) is 1. The Morgan fingerprint density at radius 3 is 2.76 bits per heavy atom. The third-order valence-electron chi connectivity index (χ3n) is 4.92. The van der Waals surface area contributed by atoms with E-state index in [1.807, 2.05) is 6.92 Å². The van der Waals surface area contributed by atoms with Gasteiger partial charge in [-0.05, 0) is 29.7 Å². The lowest BCUT2D eigenvalue weighted by atomic mass is 9.79. The molecular formula is C20H18N4O. The molecule has 0 saturated carbocycles. The smallest absolute Gasteiger partial charge is 0.228 e. The van der Waals surface area contributed by atoms with Gasteiger partial charge in [0.25, 0.3) is 0 Å². The van der Waals surface area contributed by atoms with Gasteiger partial charge >= 0.3 is 0 Å². The molecule has 0 bridgehead atoms. The molecule has 0 fully saturated rings. The summed E-state index contributed by atoms with van der Waals surface area (Å²) in [5, 5.41) is 6.86. The van der Waals surface area contributed by atoms with Crippen molar-refractivity contribution in [3.63, 3.8) is 0 Å². The fourth-order valence-corrected chi connectivity index (χ4v) is 3.92. The van der Waals surface area contributed by atoms with Crippen molar-refractivity contribution in [2.45, 2.75) is 26.7 Å². The van der Waals surface area contributed by atoms with Crippen LogP contribution in [0.1, 0.15) is 36.7 Å². The molecule has 2 aromatic heterocycles. The van der Waals surface area contributed by atoms with Crippen LogP contribution in [-0.2, 0) is 0 Å². The normalized spacial score (nSPS) is 16.1. The molecular weight excluding hydrogens is 312 g/mol. The third kappa shape index (κ3) is 1.98. The minimum Gasteiger partial charge on any atom is -0.438 e. The van der Waals surface area contributed by atoms with Crippen molar-refractivity contribution in [3.05, 3.63) is 59.7 Å². The molecule has 4 aromatic rings. The zero-order valence-corrected chi connectivity index (χ0v) is 14.4. The van der Waals surface area contributed by atoms with Crippen LogP contribution in [0, 0.1) is 12.8 Å². The summed E-state index contributed by atoms with van der Waals surface area (Å²) in [4.78, 5) is 9.15. The molecule has 5 heteroatoms. The molecule has 1 atom stereocenters. The molecule has 0 aliphatic carbocycles. The number of nitrogens with zero attached hydrogens (tertiary/aromatic N) is 4. The number of fused-ring (bicyclic) bond motifs is 6. The number of aryl methyl sites for hydroxylation is 1. The molecule has 1 aliphatic heterocycles. The summed E-state index contributed by atoms with van der Waals surface area (Å²) in [7, 11) is 0. The van der Waals surface area contributed by atoms with Gasteiger partial charge in [0, 0.05) is 11.5 Å². The van der Waals surface area contributed by atoms with Crippen LogP contribution in [0.25, 0.3) is 16.4 Å². The second-order valence-corrected chi connectivity index (χ2v) is 6.91. The number of hydrogen-bond donors (Lipinski definition) is 0. The van der Waals surface area contributed by atoms with E-state index in [4.69, 9.17) is 4.74 Å². The highest BCUT2D eigenvalue weighted by Gasteiger charge is 2.35. The largest absolute Gasteiger partial charge is 0.438 e. The average molecular weight is 330 g/mol. The Morgan fingerprint density at radius 2 is 1.92 bits per heavy atom. The maximum atomic E-state index is 6.19. The predicted octanol–water partition coefficient (Wildman–Crippen LogP) is 4.48. The lowest BCUT2D eigenvalue weighted by Crippen LogP contribution is -2.18. The predicted molar refractivity (Wildman–Crippen MR) is 96.2 cm³/mol. The zero-order chi connectivity index (χ0) is 17.1. The first kappa shape index (κ1) is 14.4. The number of aromatic nitrogens is 4. The molecule has 0 spiro atoms. The van der Waals surface area contributed by atoms with E-state index in [-0.39, 0.29) is 5.92 Å². The van der Waals surface area contributed by atoms with Crippen LogP contribution in [0.3, 0.4) is 0 Å². The van der Waals surface area contributed by atoms with Crippen molar-refractivity contribution in [1.82, 2.24) is 19.6 Å². The van der Waals surface area contributed by atoms with Gasteiger partial charge in [0.05, 0.1) is 5.56 Å². The van der Waals surface area contributed by atoms with Crippen molar-refractivity contribution in [1.29, 1.82) is 0 Å². The van der Waals surface area contributed by atoms with Crippen molar-refractivity contribution < 1.29 is 4.74 Å². The fourth-order valence-electron chi connectivity index (χ4n) is 3.92. The molecule has 5 nitrogen and oxygen atoms in total. The second kappa shape index (κ2) is 5.02. The van der Waals surface area contributed by atoms with Crippen LogP contribution < -0.4 is 4.74 Å². The van der Waals surface area contributed by atoms with Crippen molar-refractivity contribution in [3.8, 4) is 11.6 Å². The van der Waals surface area contributed by atoms with E-state index in [1.54, 1.807) is 10.8 Å². The van der Waals surface area contributed by atoms with E-state index >= 15 is 0 Å². The molecule has 0 radical (unpaired) electrons. The molecule has 0 amide bonds. The van der Waals surface area contributed by atoms with Gasteiger partial charge in [0.1, 0.15) is 17.9 Å². The van der Waals surface area contributed by atoms with E-state index in [9.17, 15) is 0 Å². The first-order valence-electron chi connectivity index (χ1n) is 8.55. The quantitative estimate of drug-likeness (QED) is 0.516. The number of hydrogen-bond acceptors (Lipinski definition) is 4. The van der Waals surface area contributed by atoms with Gasteiger partial charge in [-0.15, -0.1) is 0 Å². The SMILES string of the molecule is Cc1nc2c3c(ncn2n1)Oc1ccc2ccccc2c1C3C(C)C.